The Kier molecular flexibility index (Phi) is 4.78. The van der Waals surface area contributed by atoms with Gasteiger partial charge in [0.05, 0.1) is 7.11 Å². The van der Waals surface area contributed by atoms with Crippen molar-refractivity contribution in [1.82, 2.24) is 5.32 Å². The maximum Gasteiger partial charge on any atom is 0.132 e. The molecule has 1 N–H and O–H groups in total. The monoisotopic (exact) mass is 91.1 g/mol. The van der Waals surface area contributed by atoms with Crippen LogP contribution in [0.15, 0.2) is 0 Å². The molecule has 0 spiro atoms. The molecule has 0 fully saturated rings. The zero-order chi connectivity index (χ0) is 4.83. The summed E-state index contributed by atoms with van der Waals surface area (Å²) in [5, 5.41) is 2.72. The first-order chi connectivity index (χ1) is 2.91. The van der Waals surface area contributed by atoms with Gasteiger partial charge in [-0.25, -0.2) is 9.78 Å². The van der Waals surface area contributed by atoms with E-state index in [9.17, 15) is 0 Å². The Labute approximate surface area is 37.2 Å². The molecule has 6 heavy (non-hydrogen) atoms. The number of hydrogen-bond donors (Lipinski definition) is 1. The summed E-state index contributed by atoms with van der Waals surface area (Å²) in [7, 11) is 3.25. The van der Waals surface area contributed by atoms with Crippen molar-refractivity contribution in [3.8, 4) is 0 Å². The highest BCUT2D eigenvalue weighted by molar-refractivity contribution is 4.05. The number of hydrogen-bond acceptors (Lipinski definition) is 3. The van der Waals surface area contributed by atoms with E-state index in [4.69, 9.17) is 0 Å². The summed E-state index contributed by atoms with van der Waals surface area (Å²) in [6, 6.07) is 0. The summed E-state index contributed by atoms with van der Waals surface area (Å²) < 4.78 is 0. The zero-order valence-corrected chi connectivity index (χ0v) is 4.02. The third-order valence-corrected chi connectivity index (χ3v) is 0.321. The molecule has 3 nitrogen and oxygen atoms in total. The molecular formula is C3H9NO2. The van der Waals surface area contributed by atoms with Gasteiger partial charge < -0.3 is 0 Å². The lowest BCUT2D eigenvalue weighted by atomic mass is 11.2. The largest absolute Gasteiger partial charge is 0.295 e. The van der Waals surface area contributed by atoms with Crippen LogP contribution < -0.4 is 5.32 Å². The van der Waals surface area contributed by atoms with Crippen LogP contribution in [-0.4, -0.2) is 20.9 Å². The second-order valence-corrected chi connectivity index (χ2v) is 0.782. The van der Waals surface area contributed by atoms with Gasteiger partial charge in [0.2, 0.25) is 0 Å². The average molecular weight is 91.1 g/mol. The molecule has 38 valence electrons. The van der Waals surface area contributed by atoms with Gasteiger partial charge in [-0.1, -0.05) is 0 Å². The summed E-state index contributed by atoms with van der Waals surface area (Å²) >= 11 is 0. The molecular weight excluding hydrogens is 82.0 g/mol. The molecule has 0 atom stereocenters. The number of nitrogens with one attached hydrogen (secondary N) is 1. The zero-order valence-electron chi connectivity index (χ0n) is 4.02. The van der Waals surface area contributed by atoms with Crippen LogP contribution in [0.5, 0.6) is 0 Å². The van der Waals surface area contributed by atoms with E-state index in [1.165, 1.54) is 7.11 Å². The van der Waals surface area contributed by atoms with E-state index in [0.29, 0.717) is 6.73 Å². The van der Waals surface area contributed by atoms with Gasteiger partial charge in [-0.2, -0.15) is 0 Å². The molecule has 0 aliphatic carbocycles. The topological polar surface area (TPSA) is 30.5 Å². The van der Waals surface area contributed by atoms with Gasteiger partial charge >= 0.3 is 0 Å². The van der Waals surface area contributed by atoms with E-state index in [-0.39, 0.29) is 0 Å². The van der Waals surface area contributed by atoms with E-state index in [1.54, 1.807) is 7.05 Å². The van der Waals surface area contributed by atoms with Gasteiger partial charge in [0, 0.05) is 0 Å². The summed E-state index contributed by atoms with van der Waals surface area (Å²) in [4.78, 5) is 8.59. The van der Waals surface area contributed by atoms with Crippen molar-refractivity contribution < 1.29 is 9.78 Å². The maximum atomic E-state index is 4.37. The predicted octanol–water partition coefficient (Wildman–Crippen LogP) is -0.259. The third kappa shape index (κ3) is 3.88. The molecule has 0 radical (unpaired) electrons. The van der Waals surface area contributed by atoms with Crippen LogP contribution >= 0.6 is 0 Å². The van der Waals surface area contributed by atoms with Crippen LogP contribution in [0.2, 0.25) is 0 Å². The lowest BCUT2D eigenvalue weighted by Gasteiger charge is -1.93. The Balaban J connectivity index is 2.34. The highest BCUT2D eigenvalue weighted by Crippen LogP contribution is 1.62. The first-order valence-electron chi connectivity index (χ1n) is 1.72. The average Bonchev–Trinajstić information content (AvgIpc) is 1.61. The van der Waals surface area contributed by atoms with Crippen molar-refractivity contribution in [2.24, 2.45) is 0 Å². The fourth-order valence-electron chi connectivity index (χ4n) is 0.118. The number of rotatable bonds is 3. The van der Waals surface area contributed by atoms with Crippen LogP contribution in [0, 0.1) is 0 Å². The van der Waals surface area contributed by atoms with E-state index in [0.717, 1.165) is 0 Å². The van der Waals surface area contributed by atoms with Crippen molar-refractivity contribution in [2.75, 3.05) is 20.9 Å². The summed E-state index contributed by atoms with van der Waals surface area (Å²) in [5.74, 6) is 0. The highest BCUT2D eigenvalue weighted by atomic mass is 17.2. The predicted molar refractivity (Wildman–Crippen MR) is 22.0 cm³/mol. The van der Waals surface area contributed by atoms with Crippen LogP contribution in [0.4, 0.5) is 0 Å². The van der Waals surface area contributed by atoms with Crippen molar-refractivity contribution >= 4 is 0 Å². The Bertz CT molecular complexity index is 20.8. The van der Waals surface area contributed by atoms with Crippen molar-refractivity contribution in [3.05, 3.63) is 0 Å². The molecule has 0 rings (SSSR count). The Morgan fingerprint density at radius 3 is 2.50 bits per heavy atom. The Hall–Kier alpha value is -0.120. The van der Waals surface area contributed by atoms with Gasteiger partial charge in [-0.15, -0.1) is 0 Å². The van der Waals surface area contributed by atoms with Crippen LogP contribution in [0.1, 0.15) is 0 Å². The molecule has 0 aliphatic heterocycles. The first-order valence-corrected chi connectivity index (χ1v) is 1.72. The van der Waals surface area contributed by atoms with Crippen LogP contribution in [0.25, 0.3) is 0 Å². The molecule has 0 amide bonds. The van der Waals surface area contributed by atoms with Gasteiger partial charge in [0.15, 0.2) is 0 Å². The van der Waals surface area contributed by atoms with Gasteiger partial charge in [-0.05, 0) is 7.05 Å². The Morgan fingerprint density at radius 1 is 1.67 bits per heavy atom. The molecule has 0 unspecified atom stereocenters. The van der Waals surface area contributed by atoms with E-state index < -0.39 is 0 Å². The fourth-order valence-corrected chi connectivity index (χ4v) is 0.118. The van der Waals surface area contributed by atoms with E-state index in [1.807, 2.05) is 0 Å². The second kappa shape index (κ2) is 4.88. The van der Waals surface area contributed by atoms with E-state index >= 15 is 0 Å². The molecule has 0 aromatic rings. The van der Waals surface area contributed by atoms with Gasteiger partial charge in [-0.3, -0.25) is 5.32 Å². The van der Waals surface area contributed by atoms with Crippen LogP contribution in [-0.2, 0) is 9.78 Å². The minimum absolute atomic E-state index is 0.441. The quantitative estimate of drug-likeness (QED) is 0.225. The van der Waals surface area contributed by atoms with Crippen LogP contribution in [0.3, 0.4) is 0 Å². The first kappa shape index (κ1) is 5.88. The summed E-state index contributed by atoms with van der Waals surface area (Å²) in [6.07, 6.45) is 0. The maximum absolute atomic E-state index is 4.37. The van der Waals surface area contributed by atoms with Crippen molar-refractivity contribution in [3.63, 3.8) is 0 Å². The SMILES string of the molecule is CNCOOC. The Morgan fingerprint density at radius 2 is 2.33 bits per heavy atom. The molecule has 0 saturated heterocycles. The standard InChI is InChI=1S/C3H9NO2/c1-4-3-6-5-2/h4H,3H2,1-2H3. The lowest BCUT2D eigenvalue weighted by molar-refractivity contribution is -0.275. The summed E-state index contributed by atoms with van der Waals surface area (Å²) in [5.41, 5.74) is 0. The smallest absolute Gasteiger partial charge is 0.132 e. The molecule has 0 aromatic heterocycles. The second-order valence-electron chi connectivity index (χ2n) is 0.782. The van der Waals surface area contributed by atoms with Crippen molar-refractivity contribution in [2.45, 2.75) is 0 Å². The minimum Gasteiger partial charge on any atom is -0.295 e. The normalized spacial score (nSPS) is 9.00. The molecule has 3 heteroatoms. The fraction of sp³-hybridized carbons (Fsp3) is 1.00. The van der Waals surface area contributed by atoms with Gasteiger partial charge in [0.1, 0.15) is 6.73 Å². The molecule has 0 saturated carbocycles. The lowest BCUT2D eigenvalue weighted by Crippen LogP contribution is -2.10. The van der Waals surface area contributed by atoms with Gasteiger partial charge in [0.25, 0.3) is 0 Å². The molecule has 0 aliphatic rings. The van der Waals surface area contributed by atoms with Crippen molar-refractivity contribution in [1.29, 1.82) is 0 Å². The molecule has 0 aromatic carbocycles. The van der Waals surface area contributed by atoms with E-state index in [2.05, 4.69) is 15.1 Å². The third-order valence-electron chi connectivity index (χ3n) is 0.321. The minimum atomic E-state index is 0.441. The molecule has 0 heterocycles. The highest BCUT2D eigenvalue weighted by Gasteiger charge is 1.70. The summed E-state index contributed by atoms with van der Waals surface area (Å²) in [6.45, 7) is 0.441. The molecule has 0 bridgehead atoms.